The molecule has 0 N–H and O–H groups in total. The monoisotopic (exact) mass is 611 g/mol. The Kier molecular flexibility index (Phi) is 18.1. The third-order valence-electron chi connectivity index (χ3n) is 14.7. The molecule has 258 valence electrons. The van der Waals surface area contributed by atoms with Gasteiger partial charge in [-0.15, -0.1) is 0 Å². The lowest BCUT2D eigenvalue weighted by atomic mass is 9.66. The molecule has 10 unspecified atom stereocenters. The summed E-state index contributed by atoms with van der Waals surface area (Å²) in [5.74, 6) is 12.9. The van der Waals surface area contributed by atoms with Crippen molar-refractivity contribution in [3.8, 4) is 0 Å². The number of allylic oxidation sites excluding steroid dienone is 2. The number of fused-ring (bicyclic) bond motifs is 3. The molecule has 0 aromatic heterocycles. The summed E-state index contributed by atoms with van der Waals surface area (Å²) in [6.07, 6.45) is 37.4. The third-order valence-corrected chi connectivity index (χ3v) is 14.7. The van der Waals surface area contributed by atoms with Crippen molar-refractivity contribution >= 4 is 0 Å². The molecule has 5 fully saturated rings. The second kappa shape index (κ2) is 20.9. The molecule has 44 heavy (non-hydrogen) atoms. The van der Waals surface area contributed by atoms with Crippen LogP contribution >= 0.6 is 0 Å². The quantitative estimate of drug-likeness (QED) is 0.240. The number of hydrogen-bond acceptors (Lipinski definition) is 0. The van der Waals surface area contributed by atoms with Gasteiger partial charge in [0.15, 0.2) is 0 Å². The van der Waals surface area contributed by atoms with E-state index in [1.165, 1.54) is 109 Å². The second-order valence-electron chi connectivity index (χ2n) is 16.7. The molecule has 0 radical (unpaired) electrons. The van der Waals surface area contributed by atoms with Gasteiger partial charge in [0.05, 0.1) is 0 Å². The Morgan fingerprint density at radius 3 is 1.02 bits per heavy atom. The van der Waals surface area contributed by atoms with E-state index < -0.39 is 0 Å². The minimum Gasteiger partial charge on any atom is -0.0852 e. The maximum atomic E-state index is 2.41. The number of hydrogen-bond donors (Lipinski definition) is 0. The van der Waals surface area contributed by atoms with Crippen molar-refractivity contribution in [3.05, 3.63) is 12.2 Å². The van der Waals surface area contributed by atoms with E-state index in [1.807, 2.05) is 0 Å². The molecule has 0 aromatic rings. The first-order chi connectivity index (χ1) is 21.4. The lowest BCUT2D eigenvalue weighted by molar-refractivity contribution is 0.109. The summed E-state index contributed by atoms with van der Waals surface area (Å²) in [6, 6.07) is 0. The average Bonchev–Trinajstić information content (AvgIpc) is 3.85. The van der Waals surface area contributed by atoms with E-state index in [9.17, 15) is 0 Å². The van der Waals surface area contributed by atoms with Crippen LogP contribution < -0.4 is 0 Å². The molecular weight excluding hydrogens is 528 g/mol. The van der Waals surface area contributed by atoms with Gasteiger partial charge in [0.1, 0.15) is 0 Å². The van der Waals surface area contributed by atoms with Crippen LogP contribution in [0.2, 0.25) is 0 Å². The van der Waals surface area contributed by atoms with Gasteiger partial charge < -0.3 is 0 Å². The van der Waals surface area contributed by atoms with E-state index >= 15 is 0 Å². The van der Waals surface area contributed by atoms with Crippen molar-refractivity contribution in [1.82, 2.24) is 0 Å². The van der Waals surface area contributed by atoms with Gasteiger partial charge in [-0.1, -0.05) is 138 Å². The minimum atomic E-state index is 0.891. The number of rotatable bonds is 8. The Morgan fingerprint density at radius 2 is 0.750 bits per heavy atom. The van der Waals surface area contributed by atoms with Crippen LogP contribution in [0.1, 0.15) is 197 Å². The van der Waals surface area contributed by atoms with Gasteiger partial charge in [-0.2, -0.15) is 0 Å². The molecule has 10 atom stereocenters. The summed E-state index contributed by atoms with van der Waals surface area (Å²) in [5, 5.41) is 0. The van der Waals surface area contributed by atoms with Crippen LogP contribution in [0, 0.1) is 71.0 Å². The summed E-state index contributed by atoms with van der Waals surface area (Å²) in [5.41, 5.74) is 0. The van der Waals surface area contributed by atoms with Crippen molar-refractivity contribution in [2.24, 2.45) is 71.0 Å². The Hall–Kier alpha value is -0.260. The van der Waals surface area contributed by atoms with Crippen molar-refractivity contribution < 1.29 is 0 Å². The van der Waals surface area contributed by atoms with Gasteiger partial charge in [0.25, 0.3) is 0 Å². The van der Waals surface area contributed by atoms with Gasteiger partial charge in [0, 0.05) is 0 Å². The molecule has 6 rings (SSSR count). The molecule has 2 bridgehead atoms. The van der Waals surface area contributed by atoms with E-state index in [0.29, 0.717) is 0 Å². The highest BCUT2D eigenvalue weighted by Gasteiger charge is 2.43. The second-order valence-corrected chi connectivity index (χ2v) is 16.7. The molecule has 6 aliphatic rings. The zero-order chi connectivity index (χ0) is 31.9. The molecule has 0 spiro atoms. The molecule has 5 saturated carbocycles. The first-order valence-corrected chi connectivity index (χ1v) is 21.1. The van der Waals surface area contributed by atoms with Crippen LogP contribution in [0.4, 0.5) is 0 Å². The molecule has 0 heterocycles. The minimum absolute atomic E-state index is 0.891. The van der Waals surface area contributed by atoms with E-state index in [4.69, 9.17) is 0 Å². The van der Waals surface area contributed by atoms with E-state index in [2.05, 4.69) is 67.5 Å². The first kappa shape index (κ1) is 38.2. The highest BCUT2D eigenvalue weighted by molar-refractivity contribution is 4.97. The lowest BCUT2D eigenvalue weighted by Crippen LogP contribution is -2.30. The zero-order valence-corrected chi connectivity index (χ0v) is 31.6. The summed E-state index contributed by atoms with van der Waals surface area (Å²) in [6.45, 7) is 18.7. The molecule has 0 heteroatoms. The van der Waals surface area contributed by atoms with Crippen LogP contribution in [0.25, 0.3) is 0 Å². The Balaban J connectivity index is 0.000000161. The zero-order valence-electron chi connectivity index (χ0n) is 31.6. The van der Waals surface area contributed by atoms with Crippen LogP contribution in [0.15, 0.2) is 12.2 Å². The standard InChI is InChI=1S/C13H24.C11H20.C10H20.C10H18/c1-3-10-8-9-11(4-2)13-7-5-6-12(10)13;1-3-8-5-11-7-10(8)6-9(11)4-2;2*1-3-9-5-7-10(4-2)8-6-9/h10-13H,3-9H2,1-2H3;8-11H,3-7H2,1-2H3;9-10H,3-8H2,1-2H3;5,7,9-10H,3-4,6,8H2,1-2H3. The Morgan fingerprint density at radius 1 is 0.364 bits per heavy atom. The van der Waals surface area contributed by atoms with Crippen LogP contribution in [0.3, 0.4) is 0 Å². The third kappa shape index (κ3) is 11.2. The van der Waals surface area contributed by atoms with E-state index in [-0.39, 0.29) is 0 Å². The summed E-state index contributed by atoms with van der Waals surface area (Å²) in [4.78, 5) is 0. The normalized spacial score (nSPS) is 40.5. The van der Waals surface area contributed by atoms with Gasteiger partial charge in [-0.05, 0) is 142 Å². The summed E-state index contributed by atoms with van der Waals surface area (Å²) < 4.78 is 0. The van der Waals surface area contributed by atoms with Crippen molar-refractivity contribution in [2.75, 3.05) is 0 Å². The highest BCUT2D eigenvalue weighted by atomic mass is 14.5. The van der Waals surface area contributed by atoms with Crippen LogP contribution in [-0.2, 0) is 0 Å². The highest BCUT2D eigenvalue weighted by Crippen LogP contribution is 2.53. The fourth-order valence-electron chi connectivity index (χ4n) is 11.2. The van der Waals surface area contributed by atoms with E-state index in [1.54, 1.807) is 32.1 Å². The van der Waals surface area contributed by atoms with Gasteiger partial charge in [-0.3, -0.25) is 0 Å². The SMILES string of the molecule is CCC1C=CC(CC)CC1.CCC1CC2CC1CC2CC.CCC1CCC(CC)C2CCCC12.CCC1CCC(CC)CC1. The predicted octanol–water partition coefficient (Wildman–Crippen LogP) is 14.7. The van der Waals surface area contributed by atoms with Crippen molar-refractivity contribution in [3.63, 3.8) is 0 Å². The summed E-state index contributed by atoms with van der Waals surface area (Å²) in [7, 11) is 0. The van der Waals surface area contributed by atoms with Gasteiger partial charge >= 0.3 is 0 Å². The molecular formula is C44H82. The first-order valence-electron chi connectivity index (χ1n) is 21.1. The fourth-order valence-corrected chi connectivity index (χ4v) is 11.2. The molecule has 0 nitrogen and oxygen atoms in total. The molecule has 0 aliphatic heterocycles. The Bertz CT molecular complexity index is 681. The van der Waals surface area contributed by atoms with Crippen LogP contribution in [0.5, 0.6) is 0 Å². The molecule has 6 aliphatic carbocycles. The lowest BCUT2D eigenvalue weighted by Gasteiger charge is -2.39. The van der Waals surface area contributed by atoms with Gasteiger partial charge in [-0.25, -0.2) is 0 Å². The van der Waals surface area contributed by atoms with Gasteiger partial charge in [0.2, 0.25) is 0 Å². The molecule has 0 amide bonds. The Labute approximate surface area is 279 Å². The fraction of sp³-hybridized carbons (Fsp3) is 0.955. The largest absolute Gasteiger partial charge is 0.0852 e. The van der Waals surface area contributed by atoms with Crippen LogP contribution in [-0.4, -0.2) is 0 Å². The summed E-state index contributed by atoms with van der Waals surface area (Å²) >= 11 is 0. The molecule has 0 aromatic carbocycles. The maximum absolute atomic E-state index is 2.41. The average molecular weight is 611 g/mol. The van der Waals surface area contributed by atoms with Crippen molar-refractivity contribution in [2.45, 2.75) is 197 Å². The maximum Gasteiger partial charge on any atom is -0.0236 e. The van der Waals surface area contributed by atoms with E-state index in [0.717, 1.165) is 71.0 Å². The van der Waals surface area contributed by atoms with Crippen molar-refractivity contribution in [1.29, 1.82) is 0 Å². The predicted molar refractivity (Wildman–Crippen MR) is 198 cm³/mol. The molecule has 0 saturated heterocycles. The smallest absolute Gasteiger partial charge is 0.0236 e. The topological polar surface area (TPSA) is 0 Å².